The number of fused-ring (bicyclic) bond motifs is 1. The largest absolute Gasteiger partial charge is 0.248 e. The maximum atomic E-state index is 12.8. The van der Waals surface area contributed by atoms with Gasteiger partial charge in [0.2, 0.25) is 5.20 Å². The minimum atomic E-state index is -1.31. The molecule has 0 aliphatic carbocycles. The van der Waals surface area contributed by atoms with E-state index in [9.17, 15) is 4.39 Å². The summed E-state index contributed by atoms with van der Waals surface area (Å²) in [5.41, 5.74) is 1.38. The summed E-state index contributed by atoms with van der Waals surface area (Å²) in [6, 6.07) is 7.21. The van der Waals surface area contributed by atoms with Gasteiger partial charge in [0, 0.05) is 0 Å². The fourth-order valence-corrected chi connectivity index (χ4v) is 1.33. The Balaban J connectivity index is 2.70. The summed E-state index contributed by atoms with van der Waals surface area (Å²) < 4.78 is 14.0. The molecule has 12 heavy (non-hydrogen) atoms. The van der Waals surface area contributed by atoms with Gasteiger partial charge in [0.15, 0.2) is 0 Å². The van der Waals surface area contributed by atoms with Crippen LogP contribution in [0.4, 0.5) is 4.39 Å². The fraction of sp³-hybridized carbons (Fsp3) is 0.143. The molecule has 0 radical (unpaired) electrons. The third kappa shape index (κ3) is 1.10. The van der Waals surface area contributed by atoms with Gasteiger partial charge >= 0.3 is 0 Å². The normalized spacial score (nSPS) is 13.5. The summed E-state index contributed by atoms with van der Waals surface area (Å²) >= 11 is 2.78. The Morgan fingerprint density at radius 1 is 1.42 bits per heavy atom. The summed E-state index contributed by atoms with van der Waals surface area (Å²) in [7, 11) is 0. The molecule has 2 aromatic rings. The van der Waals surface area contributed by atoms with Crippen molar-refractivity contribution in [3.8, 4) is 0 Å². The molecular formula is C7H5BrFN3. The fourth-order valence-electron chi connectivity index (χ4n) is 1.03. The summed E-state index contributed by atoms with van der Waals surface area (Å²) in [4.78, 5) is 0. The highest BCUT2D eigenvalue weighted by molar-refractivity contribution is 9.09. The molecule has 1 atom stereocenters. The minimum absolute atomic E-state index is 0.682. The van der Waals surface area contributed by atoms with Crippen molar-refractivity contribution in [1.29, 1.82) is 0 Å². The third-order valence-corrected chi connectivity index (χ3v) is 1.95. The number of benzene rings is 1. The number of rotatable bonds is 1. The van der Waals surface area contributed by atoms with E-state index in [1.807, 2.05) is 12.1 Å². The first-order chi connectivity index (χ1) is 5.79. The quantitative estimate of drug-likeness (QED) is 0.703. The molecule has 0 bridgehead atoms. The van der Waals surface area contributed by atoms with Crippen LogP contribution < -0.4 is 0 Å². The molecule has 3 nitrogen and oxygen atoms in total. The van der Waals surface area contributed by atoms with Crippen LogP contribution in [0, 0.1) is 0 Å². The number of nitrogens with zero attached hydrogens (tertiary/aromatic N) is 3. The molecule has 1 unspecified atom stereocenters. The predicted octanol–water partition coefficient (Wildman–Crippen LogP) is 2.25. The van der Waals surface area contributed by atoms with Gasteiger partial charge in [-0.1, -0.05) is 17.3 Å². The van der Waals surface area contributed by atoms with Crippen LogP contribution >= 0.6 is 15.9 Å². The molecular weight excluding hydrogens is 225 g/mol. The lowest BCUT2D eigenvalue weighted by molar-refractivity contribution is 0.346. The van der Waals surface area contributed by atoms with Crippen molar-refractivity contribution in [3.05, 3.63) is 24.3 Å². The highest BCUT2D eigenvalue weighted by Gasteiger charge is 2.08. The Labute approximate surface area is 76.3 Å². The van der Waals surface area contributed by atoms with Crippen molar-refractivity contribution in [2.75, 3.05) is 0 Å². The number of hydrogen-bond donors (Lipinski definition) is 0. The van der Waals surface area contributed by atoms with E-state index in [-0.39, 0.29) is 0 Å². The molecule has 0 aliphatic rings. The number of aromatic nitrogens is 3. The van der Waals surface area contributed by atoms with Crippen molar-refractivity contribution in [2.45, 2.75) is 5.20 Å². The van der Waals surface area contributed by atoms with Gasteiger partial charge in [-0.05, 0) is 28.1 Å². The van der Waals surface area contributed by atoms with Crippen LogP contribution in [0.1, 0.15) is 5.20 Å². The second-order valence-corrected chi connectivity index (χ2v) is 3.06. The molecule has 1 aromatic carbocycles. The number of halogens is 2. The van der Waals surface area contributed by atoms with Gasteiger partial charge in [0.25, 0.3) is 0 Å². The molecule has 2 rings (SSSR count). The first-order valence-electron chi connectivity index (χ1n) is 3.37. The van der Waals surface area contributed by atoms with E-state index < -0.39 is 5.20 Å². The van der Waals surface area contributed by atoms with Gasteiger partial charge in [0.05, 0.1) is 5.52 Å². The second-order valence-electron chi connectivity index (χ2n) is 2.30. The zero-order valence-electron chi connectivity index (χ0n) is 5.98. The highest BCUT2D eigenvalue weighted by atomic mass is 79.9. The number of hydrogen-bond acceptors (Lipinski definition) is 2. The van der Waals surface area contributed by atoms with Crippen LogP contribution in [-0.2, 0) is 0 Å². The first-order valence-corrected chi connectivity index (χ1v) is 4.28. The van der Waals surface area contributed by atoms with Crippen LogP contribution in [0.2, 0.25) is 0 Å². The lowest BCUT2D eigenvalue weighted by Gasteiger charge is -1.98. The van der Waals surface area contributed by atoms with Crippen LogP contribution in [-0.4, -0.2) is 15.0 Å². The Hall–Kier alpha value is -0.970. The maximum Gasteiger partial charge on any atom is 0.248 e. The van der Waals surface area contributed by atoms with Gasteiger partial charge in [-0.2, -0.15) is 0 Å². The van der Waals surface area contributed by atoms with E-state index in [1.165, 1.54) is 4.68 Å². The SMILES string of the molecule is FC(Br)n1nnc2ccccc21. The van der Waals surface area contributed by atoms with E-state index in [0.717, 1.165) is 0 Å². The summed E-state index contributed by atoms with van der Waals surface area (Å²) in [5, 5.41) is 6.11. The molecule has 0 saturated heterocycles. The highest BCUT2D eigenvalue weighted by Crippen LogP contribution is 2.20. The van der Waals surface area contributed by atoms with Crippen LogP contribution in [0.5, 0.6) is 0 Å². The summed E-state index contributed by atoms with van der Waals surface area (Å²) in [6.45, 7) is 0. The monoisotopic (exact) mass is 229 g/mol. The van der Waals surface area contributed by atoms with E-state index >= 15 is 0 Å². The first kappa shape index (κ1) is 7.67. The summed E-state index contributed by atoms with van der Waals surface area (Å²) in [5.74, 6) is 0. The lowest BCUT2D eigenvalue weighted by atomic mass is 10.3. The average Bonchev–Trinajstić information content (AvgIpc) is 2.47. The topological polar surface area (TPSA) is 30.7 Å². The number of alkyl halides is 2. The molecule has 0 saturated carbocycles. The second kappa shape index (κ2) is 2.82. The van der Waals surface area contributed by atoms with Crippen molar-refractivity contribution < 1.29 is 4.39 Å². The van der Waals surface area contributed by atoms with E-state index in [1.54, 1.807) is 12.1 Å². The molecule has 0 spiro atoms. The van der Waals surface area contributed by atoms with E-state index in [4.69, 9.17) is 0 Å². The third-order valence-electron chi connectivity index (χ3n) is 1.56. The molecule has 5 heteroatoms. The van der Waals surface area contributed by atoms with Gasteiger partial charge < -0.3 is 0 Å². The number of para-hydroxylation sites is 1. The van der Waals surface area contributed by atoms with Gasteiger partial charge in [-0.3, -0.25) is 0 Å². The molecule has 62 valence electrons. The smallest absolute Gasteiger partial charge is 0.209 e. The zero-order valence-corrected chi connectivity index (χ0v) is 7.57. The zero-order chi connectivity index (χ0) is 8.55. The molecule has 0 aliphatic heterocycles. The van der Waals surface area contributed by atoms with E-state index in [2.05, 4.69) is 26.2 Å². The van der Waals surface area contributed by atoms with Crippen molar-refractivity contribution in [2.24, 2.45) is 0 Å². The van der Waals surface area contributed by atoms with Crippen LogP contribution in [0.25, 0.3) is 11.0 Å². The molecule has 1 aromatic heterocycles. The van der Waals surface area contributed by atoms with Crippen LogP contribution in [0.3, 0.4) is 0 Å². The lowest BCUT2D eigenvalue weighted by Crippen LogP contribution is -1.97. The van der Waals surface area contributed by atoms with Gasteiger partial charge in [0.1, 0.15) is 5.52 Å². The average molecular weight is 230 g/mol. The molecule has 0 amide bonds. The van der Waals surface area contributed by atoms with Gasteiger partial charge in [-0.15, -0.1) is 5.10 Å². The van der Waals surface area contributed by atoms with Gasteiger partial charge in [-0.25, -0.2) is 9.07 Å². The van der Waals surface area contributed by atoms with Crippen molar-refractivity contribution in [1.82, 2.24) is 15.0 Å². The van der Waals surface area contributed by atoms with E-state index in [0.29, 0.717) is 11.0 Å². The van der Waals surface area contributed by atoms with Crippen molar-refractivity contribution in [3.63, 3.8) is 0 Å². The predicted molar refractivity (Wildman–Crippen MR) is 46.6 cm³/mol. The Morgan fingerprint density at radius 3 is 2.92 bits per heavy atom. The van der Waals surface area contributed by atoms with Crippen LogP contribution in [0.15, 0.2) is 24.3 Å². The Bertz CT molecular complexity index is 398. The maximum absolute atomic E-state index is 12.8. The standard InChI is InChI=1S/C7H5BrFN3/c8-7(9)12-6-4-2-1-3-5(6)10-11-12/h1-4,7H. The Morgan fingerprint density at radius 2 is 2.17 bits per heavy atom. The molecule has 0 fully saturated rings. The summed E-state index contributed by atoms with van der Waals surface area (Å²) in [6.07, 6.45) is 0. The molecule has 1 heterocycles. The molecule has 0 N–H and O–H groups in total. The van der Waals surface area contributed by atoms with Crippen molar-refractivity contribution >= 4 is 27.0 Å². The minimum Gasteiger partial charge on any atom is -0.209 e. The Kier molecular flexibility index (Phi) is 1.80.